The van der Waals surface area contributed by atoms with Gasteiger partial charge < -0.3 is 5.11 Å². The lowest BCUT2D eigenvalue weighted by molar-refractivity contribution is -0.0871. The highest BCUT2D eigenvalue weighted by Crippen LogP contribution is 2.52. The van der Waals surface area contributed by atoms with Gasteiger partial charge in [0.05, 0.1) is 6.10 Å². The van der Waals surface area contributed by atoms with Crippen LogP contribution in [0.4, 0.5) is 0 Å². The lowest BCUT2D eigenvalue weighted by Crippen LogP contribution is -2.47. The molecule has 1 heteroatoms. The van der Waals surface area contributed by atoms with Crippen LogP contribution in [0, 0.1) is 10.8 Å². The van der Waals surface area contributed by atoms with Gasteiger partial charge in [-0.2, -0.15) is 0 Å². The zero-order chi connectivity index (χ0) is 9.53. The van der Waals surface area contributed by atoms with E-state index < -0.39 is 0 Å². The molecule has 0 radical (unpaired) electrons. The monoisotopic (exact) mass is 180 g/mol. The molecule has 74 valence electrons. The Bertz CT molecular complexity index is 219. The number of hydrogen-bond acceptors (Lipinski definition) is 1. The molecule has 0 saturated heterocycles. The molecule has 0 aliphatic heterocycles. The summed E-state index contributed by atoms with van der Waals surface area (Å²) in [4.78, 5) is 0. The van der Waals surface area contributed by atoms with E-state index in [1.54, 1.807) is 0 Å². The molecule has 0 heterocycles. The molecule has 0 amide bonds. The van der Waals surface area contributed by atoms with Gasteiger partial charge in [0.15, 0.2) is 0 Å². The molecular weight excluding hydrogens is 160 g/mol. The molecule has 1 atom stereocenters. The average Bonchev–Trinajstić information content (AvgIpc) is 2.50. The maximum atomic E-state index is 10.3. The van der Waals surface area contributed by atoms with E-state index in [1.165, 1.54) is 19.3 Å². The smallest absolute Gasteiger partial charge is 0.0653 e. The highest BCUT2D eigenvalue weighted by Gasteiger charge is 2.48. The Morgan fingerprint density at radius 3 is 2.38 bits per heavy atom. The Hall–Kier alpha value is -0.300. The fraction of sp³-hybridized carbons (Fsp3) is 0.833. The van der Waals surface area contributed by atoms with Crippen LogP contribution in [-0.2, 0) is 0 Å². The second-order valence-electron chi connectivity index (χ2n) is 5.49. The lowest BCUT2D eigenvalue weighted by Gasteiger charge is -2.48. The van der Waals surface area contributed by atoms with Crippen molar-refractivity contribution in [2.45, 2.75) is 52.1 Å². The van der Waals surface area contributed by atoms with Gasteiger partial charge in [-0.25, -0.2) is 0 Å². The molecule has 0 aromatic heterocycles. The van der Waals surface area contributed by atoms with Crippen molar-refractivity contribution < 1.29 is 5.11 Å². The number of aliphatic hydroxyl groups is 1. The van der Waals surface area contributed by atoms with Crippen molar-refractivity contribution in [2.75, 3.05) is 0 Å². The first kappa shape index (κ1) is 9.26. The number of hydrogen-bond donors (Lipinski definition) is 1. The van der Waals surface area contributed by atoms with E-state index in [1.807, 2.05) is 0 Å². The van der Waals surface area contributed by atoms with Crippen LogP contribution in [0.3, 0.4) is 0 Å². The molecule has 13 heavy (non-hydrogen) atoms. The summed E-state index contributed by atoms with van der Waals surface area (Å²) < 4.78 is 0. The van der Waals surface area contributed by atoms with Gasteiger partial charge in [0.1, 0.15) is 0 Å². The number of aliphatic hydroxyl groups excluding tert-OH is 1. The molecule has 1 N–H and O–H groups in total. The maximum absolute atomic E-state index is 10.3. The van der Waals surface area contributed by atoms with Crippen LogP contribution in [0.5, 0.6) is 0 Å². The van der Waals surface area contributed by atoms with Gasteiger partial charge >= 0.3 is 0 Å². The first-order valence-electron chi connectivity index (χ1n) is 5.40. The van der Waals surface area contributed by atoms with Crippen molar-refractivity contribution in [3.05, 3.63) is 12.2 Å². The normalized spacial score (nSPS) is 35.5. The van der Waals surface area contributed by atoms with Gasteiger partial charge in [-0.05, 0) is 31.1 Å². The van der Waals surface area contributed by atoms with Crippen molar-refractivity contribution in [3.8, 4) is 0 Å². The van der Waals surface area contributed by atoms with E-state index in [0.29, 0.717) is 0 Å². The Morgan fingerprint density at radius 1 is 1.15 bits per heavy atom. The van der Waals surface area contributed by atoms with Crippen molar-refractivity contribution in [2.24, 2.45) is 10.8 Å². The summed E-state index contributed by atoms with van der Waals surface area (Å²) in [6.07, 6.45) is 10.2. The molecule has 0 aromatic carbocycles. The predicted octanol–water partition coefficient (Wildman–Crippen LogP) is 2.89. The minimum atomic E-state index is -0.108. The van der Waals surface area contributed by atoms with E-state index in [2.05, 4.69) is 26.0 Å². The molecule has 2 aliphatic carbocycles. The van der Waals surface area contributed by atoms with Crippen molar-refractivity contribution in [1.82, 2.24) is 0 Å². The van der Waals surface area contributed by atoms with Crippen LogP contribution in [0.25, 0.3) is 0 Å². The fourth-order valence-corrected chi connectivity index (χ4v) is 3.15. The second kappa shape index (κ2) is 2.84. The van der Waals surface area contributed by atoms with Gasteiger partial charge in [-0.15, -0.1) is 0 Å². The van der Waals surface area contributed by atoms with Gasteiger partial charge in [-0.3, -0.25) is 0 Å². The molecular formula is C12H20O. The Balaban J connectivity index is 2.20. The van der Waals surface area contributed by atoms with Crippen LogP contribution >= 0.6 is 0 Å². The molecule has 2 aliphatic rings. The van der Waals surface area contributed by atoms with Gasteiger partial charge in [0.25, 0.3) is 0 Å². The predicted molar refractivity (Wildman–Crippen MR) is 54.4 cm³/mol. The first-order chi connectivity index (χ1) is 6.07. The number of allylic oxidation sites excluding steroid dienone is 2. The summed E-state index contributed by atoms with van der Waals surface area (Å²) in [6, 6.07) is 0. The van der Waals surface area contributed by atoms with Crippen LogP contribution in [-0.4, -0.2) is 11.2 Å². The maximum Gasteiger partial charge on any atom is 0.0653 e. The SMILES string of the molecule is CC1(C)CCCC2(CC=CC2)C1O. The van der Waals surface area contributed by atoms with Crippen molar-refractivity contribution in [1.29, 1.82) is 0 Å². The Kier molecular flexibility index (Phi) is 2.03. The topological polar surface area (TPSA) is 20.2 Å². The summed E-state index contributed by atoms with van der Waals surface area (Å²) in [6.45, 7) is 4.41. The van der Waals surface area contributed by atoms with Crippen LogP contribution in [0.15, 0.2) is 12.2 Å². The molecule has 0 aromatic rings. The van der Waals surface area contributed by atoms with E-state index in [9.17, 15) is 5.11 Å². The van der Waals surface area contributed by atoms with Crippen molar-refractivity contribution in [3.63, 3.8) is 0 Å². The van der Waals surface area contributed by atoms with Crippen molar-refractivity contribution >= 4 is 0 Å². The standard InChI is InChI=1S/C12H20O/c1-11(2)6-5-9-12(10(11)13)7-3-4-8-12/h3-4,10,13H,5-9H2,1-2H3. The lowest BCUT2D eigenvalue weighted by atomic mass is 9.60. The van der Waals surface area contributed by atoms with E-state index in [0.717, 1.165) is 12.8 Å². The Morgan fingerprint density at radius 2 is 1.77 bits per heavy atom. The van der Waals surface area contributed by atoms with E-state index in [4.69, 9.17) is 0 Å². The zero-order valence-electron chi connectivity index (χ0n) is 8.71. The summed E-state index contributed by atoms with van der Waals surface area (Å²) >= 11 is 0. The summed E-state index contributed by atoms with van der Waals surface area (Å²) in [5.74, 6) is 0. The summed E-state index contributed by atoms with van der Waals surface area (Å²) in [5.41, 5.74) is 0.339. The quantitative estimate of drug-likeness (QED) is 0.568. The Labute approximate surface area is 80.8 Å². The van der Waals surface area contributed by atoms with Crippen LogP contribution in [0.2, 0.25) is 0 Å². The minimum Gasteiger partial charge on any atom is -0.392 e. The number of rotatable bonds is 0. The van der Waals surface area contributed by atoms with Gasteiger partial charge in [0.2, 0.25) is 0 Å². The first-order valence-corrected chi connectivity index (χ1v) is 5.40. The zero-order valence-corrected chi connectivity index (χ0v) is 8.71. The molecule has 2 rings (SSSR count). The van der Waals surface area contributed by atoms with Crippen LogP contribution < -0.4 is 0 Å². The van der Waals surface area contributed by atoms with Crippen LogP contribution in [0.1, 0.15) is 46.0 Å². The third-order valence-corrected chi connectivity index (χ3v) is 4.03. The third-order valence-electron chi connectivity index (χ3n) is 4.03. The minimum absolute atomic E-state index is 0.108. The second-order valence-corrected chi connectivity index (χ2v) is 5.49. The van der Waals surface area contributed by atoms with Gasteiger partial charge in [0, 0.05) is 5.41 Å². The summed E-state index contributed by atoms with van der Waals surface area (Å²) in [5, 5.41) is 10.3. The molecule has 1 nitrogen and oxygen atoms in total. The van der Waals surface area contributed by atoms with E-state index in [-0.39, 0.29) is 16.9 Å². The highest BCUT2D eigenvalue weighted by atomic mass is 16.3. The summed E-state index contributed by atoms with van der Waals surface area (Å²) in [7, 11) is 0. The molecule has 0 bridgehead atoms. The third kappa shape index (κ3) is 1.34. The molecule has 1 saturated carbocycles. The van der Waals surface area contributed by atoms with Gasteiger partial charge in [-0.1, -0.05) is 32.4 Å². The van der Waals surface area contributed by atoms with E-state index >= 15 is 0 Å². The fourth-order valence-electron chi connectivity index (χ4n) is 3.15. The largest absolute Gasteiger partial charge is 0.392 e. The molecule has 1 fully saturated rings. The molecule has 1 spiro atoms. The highest BCUT2D eigenvalue weighted by molar-refractivity contribution is 5.10. The molecule has 1 unspecified atom stereocenters. The average molecular weight is 180 g/mol.